The number of hydrogen-bond acceptors (Lipinski definition) is 4. The van der Waals surface area contributed by atoms with Gasteiger partial charge in [-0.1, -0.05) is 39.3 Å². The third kappa shape index (κ3) is 3.83. The van der Waals surface area contributed by atoms with Crippen molar-refractivity contribution >= 4 is 21.8 Å². The highest BCUT2D eigenvalue weighted by Gasteiger charge is 2.10. The molecule has 6 heteroatoms. The van der Waals surface area contributed by atoms with Crippen molar-refractivity contribution in [3.8, 4) is 17.1 Å². The highest BCUT2D eigenvalue weighted by molar-refractivity contribution is 9.10. The fourth-order valence-electron chi connectivity index (χ4n) is 2.21. The summed E-state index contributed by atoms with van der Waals surface area (Å²) in [6.45, 7) is 0.290. The Morgan fingerprint density at radius 1 is 1.21 bits per heavy atom. The third-order valence-electron chi connectivity index (χ3n) is 3.43. The lowest BCUT2D eigenvalue weighted by molar-refractivity contribution is 0.0950. The molecule has 0 aliphatic carbocycles. The van der Waals surface area contributed by atoms with Gasteiger partial charge in [0, 0.05) is 21.7 Å². The SMILES string of the molecule is COc1cccc(-c2cc(CNC(=O)c3cccc(Br)c3)no2)c1. The van der Waals surface area contributed by atoms with E-state index in [-0.39, 0.29) is 5.91 Å². The van der Waals surface area contributed by atoms with E-state index in [9.17, 15) is 4.79 Å². The molecular formula is C18H15BrN2O3. The minimum Gasteiger partial charge on any atom is -0.497 e. The molecule has 3 aromatic rings. The van der Waals surface area contributed by atoms with Crippen molar-refractivity contribution in [1.82, 2.24) is 10.5 Å². The van der Waals surface area contributed by atoms with Crippen molar-refractivity contribution in [3.63, 3.8) is 0 Å². The maximum absolute atomic E-state index is 12.1. The minimum absolute atomic E-state index is 0.165. The number of nitrogens with zero attached hydrogens (tertiary/aromatic N) is 1. The first-order chi connectivity index (χ1) is 11.7. The second-order valence-electron chi connectivity index (χ2n) is 5.11. The molecule has 0 saturated carbocycles. The van der Waals surface area contributed by atoms with Crippen LogP contribution in [0, 0.1) is 0 Å². The number of amides is 1. The first kappa shape index (κ1) is 16.3. The van der Waals surface area contributed by atoms with Crippen molar-refractivity contribution in [1.29, 1.82) is 0 Å². The van der Waals surface area contributed by atoms with Gasteiger partial charge in [-0.3, -0.25) is 4.79 Å². The van der Waals surface area contributed by atoms with Crippen LogP contribution in [0.3, 0.4) is 0 Å². The van der Waals surface area contributed by atoms with Crippen LogP contribution in [0.5, 0.6) is 5.75 Å². The van der Waals surface area contributed by atoms with Crippen LogP contribution in [0.1, 0.15) is 16.1 Å². The topological polar surface area (TPSA) is 64.4 Å². The Morgan fingerprint density at radius 3 is 2.83 bits per heavy atom. The van der Waals surface area contributed by atoms with E-state index in [0.717, 1.165) is 15.8 Å². The van der Waals surface area contributed by atoms with E-state index >= 15 is 0 Å². The zero-order valence-electron chi connectivity index (χ0n) is 13.0. The zero-order chi connectivity index (χ0) is 16.9. The molecular weight excluding hydrogens is 372 g/mol. The van der Waals surface area contributed by atoms with Gasteiger partial charge in [0.2, 0.25) is 0 Å². The van der Waals surface area contributed by atoms with Crippen LogP contribution in [0.4, 0.5) is 0 Å². The molecule has 0 aliphatic heterocycles. The van der Waals surface area contributed by atoms with Gasteiger partial charge in [-0.25, -0.2) is 0 Å². The Labute approximate surface area is 147 Å². The molecule has 0 aliphatic rings. The van der Waals surface area contributed by atoms with Gasteiger partial charge in [0.25, 0.3) is 5.91 Å². The number of rotatable bonds is 5. The summed E-state index contributed by atoms with van der Waals surface area (Å²) in [6.07, 6.45) is 0. The summed E-state index contributed by atoms with van der Waals surface area (Å²) in [6, 6.07) is 16.5. The number of hydrogen-bond donors (Lipinski definition) is 1. The van der Waals surface area contributed by atoms with E-state index in [4.69, 9.17) is 9.26 Å². The van der Waals surface area contributed by atoms with Crippen molar-refractivity contribution in [2.24, 2.45) is 0 Å². The number of ether oxygens (including phenoxy) is 1. The van der Waals surface area contributed by atoms with E-state index in [0.29, 0.717) is 23.6 Å². The van der Waals surface area contributed by atoms with Gasteiger partial charge >= 0.3 is 0 Å². The summed E-state index contributed by atoms with van der Waals surface area (Å²) < 4.78 is 11.4. The molecule has 2 aromatic carbocycles. The number of halogens is 1. The van der Waals surface area contributed by atoms with E-state index in [1.807, 2.05) is 36.4 Å². The predicted molar refractivity (Wildman–Crippen MR) is 93.8 cm³/mol. The smallest absolute Gasteiger partial charge is 0.251 e. The van der Waals surface area contributed by atoms with Crippen LogP contribution in [0.25, 0.3) is 11.3 Å². The normalized spacial score (nSPS) is 10.4. The van der Waals surface area contributed by atoms with Crippen LogP contribution < -0.4 is 10.1 Å². The molecule has 0 fully saturated rings. The second-order valence-corrected chi connectivity index (χ2v) is 6.02. The lowest BCUT2D eigenvalue weighted by Crippen LogP contribution is -2.22. The molecule has 1 amide bonds. The Morgan fingerprint density at radius 2 is 2.04 bits per heavy atom. The van der Waals surface area contributed by atoms with E-state index in [1.165, 1.54) is 0 Å². The second kappa shape index (κ2) is 7.31. The number of carbonyl (C=O) groups excluding carboxylic acids is 1. The number of carbonyl (C=O) groups is 1. The first-order valence-electron chi connectivity index (χ1n) is 7.29. The first-order valence-corrected chi connectivity index (χ1v) is 8.09. The molecule has 24 heavy (non-hydrogen) atoms. The average Bonchev–Trinajstić information content (AvgIpc) is 3.09. The van der Waals surface area contributed by atoms with Gasteiger partial charge in [0.15, 0.2) is 5.76 Å². The molecule has 122 valence electrons. The van der Waals surface area contributed by atoms with Crippen LogP contribution in [-0.2, 0) is 6.54 Å². The summed E-state index contributed by atoms with van der Waals surface area (Å²) in [7, 11) is 1.61. The fraction of sp³-hybridized carbons (Fsp3) is 0.111. The highest BCUT2D eigenvalue weighted by Crippen LogP contribution is 2.24. The number of aromatic nitrogens is 1. The number of benzene rings is 2. The Bertz CT molecular complexity index is 861. The van der Waals surface area contributed by atoms with Crippen molar-refractivity contribution in [2.75, 3.05) is 7.11 Å². The van der Waals surface area contributed by atoms with Crippen LogP contribution in [-0.4, -0.2) is 18.2 Å². The Balaban J connectivity index is 1.67. The van der Waals surface area contributed by atoms with E-state index < -0.39 is 0 Å². The van der Waals surface area contributed by atoms with Gasteiger partial charge in [0.05, 0.1) is 13.7 Å². The van der Waals surface area contributed by atoms with Crippen molar-refractivity contribution in [3.05, 3.63) is 70.3 Å². The summed E-state index contributed by atoms with van der Waals surface area (Å²) in [5.74, 6) is 1.20. The van der Waals surface area contributed by atoms with Gasteiger partial charge in [-0.15, -0.1) is 0 Å². The largest absolute Gasteiger partial charge is 0.497 e. The zero-order valence-corrected chi connectivity index (χ0v) is 14.5. The summed E-state index contributed by atoms with van der Waals surface area (Å²) in [5, 5.41) is 6.81. The summed E-state index contributed by atoms with van der Waals surface area (Å²) in [5.41, 5.74) is 2.10. The molecule has 0 saturated heterocycles. The third-order valence-corrected chi connectivity index (χ3v) is 3.92. The molecule has 1 heterocycles. The van der Waals surface area contributed by atoms with E-state index in [2.05, 4.69) is 26.4 Å². The molecule has 3 rings (SSSR count). The maximum Gasteiger partial charge on any atom is 0.251 e. The molecule has 0 atom stereocenters. The molecule has 0 radical (unpaired) electrons. The molecule has 0 spiro atoms. The van der Waals surface area contributed by atoms with Crippen LogP contribution in [0.2, 0.25) is 0 Å². The van der Waals surface area contributed by atoms with Crippen molar-refractivity contribution in [2.45, 2.75) is 6.54 Å². The van der Waals surface area contributed by atoms with Gasteiger partial charge in [-0.05, 0) is 30.3 Å². The Hall–Kier alpha value is -2.60. The monoisotopic (exact) mass is 386 g/mol. The highest BCUT2D eigenvalue weighted by atomic mass is 79.9. The quantitative estimate of drug-likeness (QED) is 0.718. The van der Waals surface area contributed by atoms with Gasteiger partial charge in [-0.2, -0.15) is 0 Å². The van der Waals surface area contributed by atoms with Crippen molar-refractivity contribution < 1.29 is 14.1 Å². The Kier molecular flexibility index (Phi) is 4.96. The lowest BCUT2D eigenvalue weighted by Gasteiger charge is -2.03. The standard InChI is InChI=1S/C18H15BrN2O3/c1-23-16-7-3-4-12(9-16)17-10-15(21-24-17)11-20-18(22)13-5-2-6-14(19)8-13/h2-10H,11H2,1H3,(H,20,22). The predicted octanol–water partition coefficient (Wildman–Crippen LogP) is 4.04. The molecule has 0 bridgehead atoms. The van der Waals surface area contributed by atoms with Crippen LogP contribution >= 0.6 is 15.9 Å². The molecule has 0 unspecified atom stereocenters. The van der Waals surface area contributed by atoms with Crippen LogP contribution in [0.15, 0.2) is 63.6 Å². The fourth-order valence-corrected chi connectivity index (χ4v) is 2.61. The summed E-state index contributed by atoms with van der Waals surface area (Å²) in [4.78, 5) is 12.1. The van der Waals surface area contributed by atoms with Gasteiger partial charge in [0.1, 0.15) is 11.4 Å². The summed E-state index contributed by atoms with van der Waals surface area (Å²) >= 11 is 3.35. The number of methoxy groups -OCH3 is 1. The average molecular weight is 387 g/mol. The molecule has 1 N–H and O–H groups in total. The number of nitrogens with one attached hydrogen (secondary N) is 1. The lowest BCUT2D eigenvalue weighted by atomic mass is 10.1. The molecule has 1 aromatic heterocycles. The van der Waals surface area contributed by atoms with E-state index in [1.54, 1.807) is 25.3 Å². The maximum atomic E-state index is 12.1. The van der Waals surface area contributed by atoms with Gasteiger partial charge < -0.3 is 14.6 Å². The molecule has 5 nitrogen and oxygen atoms in total. The minimum atomic E-state index is -0.165.